The Labute approximate surface area is 147 Å². The van der Waals surface area contributed by atoms with Crippen molar-refractivity contribution in [2.45, 2.75) is 13.5 Å². The Morgan fingerprint density at radius 1 is 1.17 bits per heavy atom. The van der Waals surface area contributed by atoms with Crippen LogP contribution in [0.15, 0.2) is 42.5 Å². The molecule has 0 saturated heterocycles. The van der Waals surface area contributed by atoms with Crippen molar-refractivity contribution < 1.29 is 13.2 Å². The third-order valence-corrected chi connectivity index (χ3v) is 4.30. The SMILES string of the molecule is Cc1ccc(C(=O)N(C)Cc2ccc(Cl)cc2)cc1NS(C)(=O)=O. The maximum Gasteiger partial charge on any atom is 0.253 e. The van der Waals surface area contributed by atoms with Crippen LogP contribution in [0.5, 0.6) is 0 Å². The van der Waals surface area contributed by atoms with Crippen molar-refractivity contribution in [2.24, 2.45) is 0 Å². The molecule has 1 amide bonds. The van der Waals surface area contributed by atoms with E-state index in [0.717, 1.165) is 17.4 Å². The van der Waals surface area contributed by atoms with E-state index in [4.69, 9.17) is 11.6 Å². The first-order valence-corrected chi connectivity index (χ1v) is 9.51. The van der Waals surface area contributed by atoms with Crippen LogP contribution >= 0.6 is 11.6 Å². The standard InChI is InChI=1S/C17H19ClN2O3S/c1-12-4-7-14(10-16(12)19-24(3,22)23)17(21)20(2)11-13-5-8-15(18)9-6-13/h4-10,19H,11H2,1-3H3. The number of sulfonamides is 1. The monoisotopic (exact) mass is 366 g/mol. The van der Waals surface area contributed by atoms with Gasteiger partial charge in [0.25, 0.3) is 5.91 Å². The number of nitrogens with one attached hydrogen (secondary N) is 1. The van der Waals surface area contributed by atoms with E-state index in [1.807, 2.05) is 12.1 Å². The highest BCUT2D eigenvalue weighted by molar-refractivity contribution is 7.92. The number of aryl methyl sites for hydroxylation is 1. The van der Waals surface area contributed by atoms with E-state index in [0.29, 0.717) is 22.8 Å². The van der Waals surface area contributed by atoms with E-state index >= 15 is 0 Å². The normalized spacial score (nSPS) is 11.2. The lowest BCUT2D eigenvalue weighted by Gasteiger charge is -2.18. The second kappa shape index (κ2) is 7.23. The van der Waals surface area contributed by atoms with Gasteiger partial charge in [-0.3, -0.25) is 9.52 Å². The van der Waals surface area contributed by atoms with Gasteiger partial charge in [0.05, 0.1) is 11.9 Å². The summed E-state index contributed by atoms with van der Waals surface area (Å²) in [6.45, 7) is 2.21. The summed E-state index contributed by atoms with van der Waals surface area (Å²) in [5, 5.41) is 0.641. The zero-order valence-corrected chi connectivity index (χ0v) is 15.3. The highest BCUT2D eigenvalue weighted by atomic mass is 35.5. The number of rotatable bonds is 5. The summed E-state index contributed by atoms with van der Waals surface area (Å²) in [5.41, 5.74) is 2.53. The average molecular weight is 367 g/mol. The molecule has 0 spiro atoms. The Hall–Kier alpha value is -2.05. The Balaban J connectivity index is 2.19. The molecule has 0 aromatic heterocycles. The second-order valence-corrected chi connectivity index (χ2v) is 7.88. The first-order chi connectivity index (χ1) is 11.2. The van der Waals surface area contributed by atoms with Gasteiger partial charge in [-0.2, -0.15) is 0 Å². The fourth-order valence-electron chi connectivity index (χ4n) is 2.22. The number of hydrogen-bond donors (Lipinski definition) is 1. The molecule has 7 heteroatoms. The van der Waals surface area contributed by atoms with Crippen LogP contribution in [-0.2, 0) is 16.6 Å². The van der Waals surface area contributed by atoms with Crippen LogP contribution in [0.4, 0.5) is 5.69 Å². The molecule has 5 nitrogen and oxygen atoms in total. The zero-order chi connectivity index (χ0) is 17.9. The molecule has 0 radical (unpaired) electrons. The van der Waals surface area contributed by atoms with E-state index in [2.05, 4.69) is 4.72 Å². The van der Waals surface area contributed by atoms with Crippen LogP contribution in [0.25, 0.3) is 0 Å². The van der Waals surface area contributed by atoms with Gasteiger partial charge in [-0.1, -0.05) is 29.8 Å². The van der Waals surface area contributed by atoms with Gasteiger partial charge >= 0.3 is 0 Å². The topological polar surface area (TPSA) is 66.5 Å². The molecule has 0 aliphatic carbocycles. The number of nitrogens with zero attached hydrogens (tertiary/aromatic N) is 1. The minimum Gasteiger partial charge on any atom is -0.337 e. The van der Waals surface area contributed by atoms with Crippen molar-refractivity contribution in [1.82, 2.24) is 4.90 Å². The lowest BCUT2D eigenvalue weighted by molar-refractivity contribution is 0.0785. The fraction of sp³-hybridized carbons (Fsp3) is 0.235. The number of carbonyl (C=O) groups is 1. The van der Waals surface area contributed by atoms with Gasteiger partial charge in [0.2, 0.25) is 10.0 Å². The smallest absolute Gasteiger partial charge is 0.253 e. The average Bonchev–Trinajstić information content (AvgIpc) is 2.49. The first-order valence-electron chi connectivity index (χ1n) is 7.24. The fourth-order valence-corrected chi connectivity index (χ4v) is 2.97. The minimum absolute atomic E-state index is 0.193. The van der Waals surface area contributed by atoms with E-state index in [1.165, 1.54) is 0 Å². The van der Waals surface area contributed by atoms with Crippen molar-refractivity contribution in [3.63, 3.8) is 0 Å². The molecule has 0 atom stereocenters. The van der Waals surface area contributed by atoms with Crippen molar-refractivity contribution in [2.75, 3.05) is 18.0 Å². The summed E-state index contributed by atoms with van der Waals surface area (Å²) in [6, 6.07) is 12.2. The Bertz CT molecular complexity index is 849. The molecule has 2 aromatic carbocycles. The van der Waals surface area contributed by atoms with Gasteiger partial charge in [-0.15, -0.1) is 0 Å². The number of amides is 1. The van der Waals surface area contributed by atoms with Crippen molar-refractivity contribution in [3.05, 3.63) is 64.2 Å². The molecule has 2 rings (SSSR count). The van der Waals surface area contributed by atoms with Gasteiger partial charge in [0.1, 0.15) is 0 Å². The Morgan fingerprint density at radius 3 is 2.38 bits per heavy atom. The number of halogens is 1. The van der Waals surface area contributed by atoms with Gasteiger partial charge in [-0.25, -0.2) is 8.42 Å². The molecule has 24 heavy (non-hydrogen) atoms. The zero-order valence-electron chi connectivity index (χ0n) is 13.7. The van der Waals surface area contributed by atoms with Crippen molar-refractivity contribution >= 4 is 33.2 Å². The van der Waals surface area contributed by atoms with E-state index in [-0.39, 0.29) is 5.91 Å². The largest absolute Gasteiger partial charge is 0.337 e. The first kappa shape index (κ1) is 18.3. The molecule has 0 bridgehead atoms. The maximum absolute atomic E-state index is 12.6. The molecule has 2 aromatic rings. The molecular formula is C17H19ClN2O3S. The van der Waals surface area contributed by atoms with E-state index in [9.17, 15) is 13.2 Å². The Kier molecular flexibility index (Phi) is 5.51. The molecule has 1 N–H and O–H groups in total. The van der Waals surface area contributed by atoms with Gasteiger partial charge in [-0.05, 0) is 42.3 Å². The second-order valence-electron chi connectivity index (χ2n) is 5.69. The third-order valence-electron chi connectivity index (χ3n) is 3.46. The summed E-state index contributed by atoms with van der Waals surface area (Å²) in [4.78, 5) is 14.1. The van der Waals surface area contributed by atoms with Crippen LogP contribution in [0.3, 0.4) is 0 Å². The molecule has 0 saturated carbocycles. The number of anilines is 1. The van der Waals surface area contributed by atoms with Crippen LogP contribution in [-0.4, -0.2) is 32.5 Å². The highest BCUT2D eigenvalue weighted by Gasteiger charge is 2.14. The molecule has 0 heterocycles. The lowest BCUT2D eigenvalue weighted by Crippen LogP contribution is -2.26. The van der Waals surface area contributed by atoms with Crippen molar-refractivity contribution in [3.8, 4) is 0 Å². The van der Waals surface area contributed by atoms with Gasteiger partial charge in [0.15, 0.2) is 0 Å². The molecule has 128 valence electrons. The summed E-state index contributed by atoms with van der Waals surface area (Å²) in [6.07, 6.45) is 1.08. The molecule has 0 unspecified atom stereocenters. The van der Waals surface area contributed by atoms with Gasteiger partial charge in [0, 0.05) is 24.2 Å². The summed E-state index contributed by atoms with van der Waals surface area (Å²) in [5.74, 6) is -0.193. The molecule has 0 aliphatic heterocycles. The van der Waals surface area contributed by atoms with E-state index < -0.39 is 10.0 Å². The predicted molar refractivity (Wildman–Crippen MR) is 96.9 cm³/mol. The Morgan fingerprint density at radius 2 is 1.79 bits per heavy atom. The predicted octanol–water partition coefficient (Wildman–Crippen LogP) is 3.29. The quantitative estimate of drug-likeness (QED) is 0.882. The summed E-state index contributed by atoms with van der Waals surface area (Å²) >= 11 is 5.86. The van der Waals surface area contributed by atoms with Gasteiger partial charge < -0.3 is 4.90 Å². The van der Waals surface area contributed by atoms with Crippen LogP contribution < -0.4 is 4.72 Å². The molecule has 0 aliphatic rings. The number of benzene rings is 2. The summed E-state index contributed by atoms with van der Waals surface area (Å²) in [7, 11) is -1.71. The van der Waals surface area contributed by atoms with Crippen LogP contribution in [0.1, 0.15) is 21.5 Å². The van der Waals surface area contributed by atoms with Crippen LogP contribution in [0, 0.1) is 6.92 Å². The third kappa shape index (κ3) is 4.97. The van der Waals surface area contributed by atoms with Crippen molar-refractivity contribution in [1.29, 1.82) is 0 Å². The van der Waals surface area contributed by atoms with E-state index in [1.54, 1.807) is 49.2 Å². The molecule has 0 fully saturated rings. The maximum atomic E-state index is 12.6. The lowest BCUT2D eigenvalue weighted by atomic mass is 10.1. The summed E-state index contributed by atoms with van der Waals surface area (Å²) < 4.78 is 25.3. The number of hydrogen-bond acceptors (Lipinski definition) is 3. The minimum atomic E-state index is -3.40. The highest BCUT2D eigenvalue weighted by Crippen LogP contribution is 2.20. The van der Waals surface area contributed by atoms with Crippen LogP contribution in [0.2, 0.25) is 5.02 Å². The number of carbonyl (C=O) groups excluding carboxylic acids is 1. The molecular weight excluding hydrogens is 348 g/mol.